The van der Waals surface area contributed by atoms with Gasteiger partial charge in [-0.1, -0.05) is 0 Å². The highest BCUT2D eigenvalue weighted by atomic mass is 32.1. The summed E-state index contributed by atoms with van der Waals surface area (Å²) in [5.74, 6) is -0.0295. The Labute approximate surface area is 154 Å². The van der Waals surface area contributed by atoms with Crippen molar-refractivity contribution in [3.05, 3.63) is 43.6 Å². The second-order valence-electron chi connectivity index (χ2n) is 6.15. The molecule has 0 aliphatic carbocycles. The van der Waals surface area contributed by atoms with Crippen LogP contribution in [0.1, 0.15) is 33.2 Å². The number of aromatic amines is 1. The van der Waals surface area contributed by atoms with Crippen LogP contribution in [0.25, 0.3) is 10.2 Å². The SMILES string of the molecule is Cc1nn(C)c(C)c1/C=N/NC(=O)Cc1nc2sc(C)c(C)c2c(=O)[nH]1. The predicted octanol–water partition coefficient (Wildman–Crippen LogP) is 1.64. The first-order chi connectivity index (χ1) is 12.3. The molecule has 0 saturated heterocycles. The zero-order valence-electron chi connectivity index (χ0n) is 15.3. The smallest absolute Gasteiger partial charge is 0.259 e. The Morgan fingerprint density at radius 2 is 2.08 bits per heavy atom. The van der Waals surface area contributed by atoms with E-state index < -0.39 is 0 Å². The number of nitrogens with zero attached hydrogens (tertiary/aromatic N) is 4. The molecule has 0 aliphatic rings. The number of fused-ring (bicyclic) bond motifs is 1. The molecule has 9 heteroatoms. The van der Waals surface area contributed by atoms with Crippen molar-refractivity contribution in [2.75, 3.05) is 0 Å². The number of aromatic nitrogens is 4. The van der Waals surface area contributed by atoms with Crippen molar-refractivity contribution >= 4 is 33.7 Å². The Morgan fingerprint density at radius 3 is 2.73 bits per heavy atom. The van der Waals surface area contributed by atoms with Crippen molar-refractivity contribution in [3.8, 4) is 0 Å². The Hall–Kier alpha value is -2.81. The number of nitrogens with one attached hydrogen (secondary N) is 2. The number of hydrazone groups is 1. The van der Waals surface area contributed by atoms with Crippen LogP contribution in [0, 0.1) is 27.7 Å². The van der Waals surface area contributed by atoms with Gasteiger partial charge >= 0.3 is 0 Å². The lowest BCUT2D eigenvalue weighted by Gasteiger charge is -2.01. The molecule has 0 aromatic carbocycles. The van der Waals surface area contributed by atoms with Gasteiger partial charge in [-0.2, -0.15) is 10.2 Å². The van der Waals surface area contributed by atoms with Crippen LogP contribution in [0.15, 0.2) is 9.90 Å². The quantitative estimate of drug-likeness (QED) is 0.536. The molecule has 136 valence electrons. The van der Waals surface area contributed by atoms with Crippen LogP contribution in [0.5, 0.6) is 0 Å². The summed E-state index contributed by atoms with van der Waals surface area (Å²) in [5, 5.41) is 8.86. The Morgan fingerprint density at radius 1 is 1.35 bits per heavy atom. The maximum absolute atomic E-state index is 12.2. The molecule has 26 heavy (non-hydrogen) atoms. The molecule has 0 bridgehead atoms. The first-order valence-corrected chi connectivity index (χ1v) is 8.90. The Balaban J connectivity index is 1.73. The summed E-state index contributed by atoms with van der Waals surface area (Å²) in [7, 11) is 1.85. The van der Waals surface area contributed by atoms with E-state index in [-0.39, 0.29) is 17.9 Å². The third kappa shape index (κ3) is 3.30. The second-order valence-corrected chi connectivity index (χ2v) is 7.36. The Kier molecular flexibility index (Phi) is 4.73. The number of amides is 1. The summed E-state index contributed by atoms with van der Waals surface area (Å²) >= 11 is 1.45. The zero-order valence-corrected chi connectivity index (χ0v) is 16.1. The van der Waals surface area contributed by atoms with Crippen LogP contribution in [-0.2, 0) is 18.3 Å². The minimum Gasteiger partial charge on any atom is -0.309 e. The molecule has 3 heterocycles. The van der Waals surface area contributed by atoms with Gasteiger partial charge in [0.2, 0.25) is 5.91 Å². The molecule has 0 fully saturated rings. The van der Waals surface area contributed by atoms with Crippen molar-refractivity contribution in [3.63, 3.8) is 0 Å². The predicted molar refractivity (Wildman–Crippen MR) is 102 cm³/mol. The van der Waals surface area contributed by atoms with E-state index in [1.54, 1.807) is 10.9 Å². The molecule has 3 rings (SSSR count). The summed E-state index contributed by atoms with van der Waals surface area (Å²) in [6.45, 7) is 7.66. The van der Waals surface area contributed by atoms with Crippen molar-refractivity contribution < 1.29 is 4.79 Å². The average Bonchev–Trinajstić information content (AvgIpc) is 2.97. The number of hydrogen-bond acceptors (Lipinski definition) is 6. The minimum absolute atomic E-state index is 0.0521. The summed E-state index contributed by atoms with van der Waals surface area (Å²) in [6, 6.07) is 0. The van der Waals surface area contributed by atoms with Gasteiger partial charge in [0.25, 0.3) is 5.56 Å². The van der Waals surface area contributed by atoms with Crippen LogP contribution < -0.4 is 11.0 Å². The number of H-pyrrole nitrogens is 1. The molecule has 0 aliphatic heterocycles. The van der Waals surface area contributed by atoms with Gasteiger partial charge in [0.1, 0.15) is 10.7 Å². The lowest BCUT2D eigenvalue weighted by molar-refractivity contribution is -0.120. The van der Waals surface area contributed by atoms with Gasteiger partial charge in [-0.3, -0.25) is 14.3 Å². The number of hydrogen-bond donors (Lipinski definition) is 2. The fourth-order valence-corrected chi connectivity index (χ4v) is 3.77. The summed E-state index contributed by atoms with van der Waals surface area (Å²) in [6.07, 6.45) is 1.52. The third-order valence-corrected chi connectivity index (χ3v) is 5.47. The molecular formula is C17H20N6O2S. The van der Waals surface area contributed by atoms with Gasteiger partial charge in [-0.25, -0.2) is 10.4 Å². The lowest BCUT2D eigenvalue weighted by Crippen LogP contribution is -2.23. The van der Waals surface area contributed by atoms with Crippen LogP contribution in [-0.4, -0.2) is 31.9 Å². The highest BCUT2D eigenvalue weighted by molar-refractivity contribution is 7.18. The minimum atomic E-state index is -0.354. The van der Waals surface area contributed by atoms with Gasteiger partial charge in [-0.05, 0) is 33.3 Å². The maximum atomic E-state index is 12.2. The van der Waals surface area contributed by atoms with E-state index in [0.717, 1.165) is 27.4 Å². The highest BCUT2D eigenvalue weighted by Crippen LogP contribution is 2.25. The number of carbonyl (C=O) groups excluding carboxylic acids is 1. The monoisotopic (exact) mass is 372 g/mol. The number of rotatable bonds is 4. The summed E-state index contributed by atoms with van der Waals surface area (Å²) in [5.41, 5.74) is 5.84. The van der Waals surface area contributed by atoms with E-state index in [0.29, 0.717) is 16.0 Å². The van der Waals surface area contributed by atoms with E-state index in [4.69, 9.17) is 0 Å². The van der Waals surface area contributed by atoms with Gasteiger partial charge in [0.15, 0.2) is 0 Å². The maximum Gasteiger partial charge on any atom is 0.259 e. The molecule has 2 N–H and O–H groups in total. The molecule has 0 atom stereocenters. The molecule has 1 amide bonds. The molecule has 3 aromatic rings. The van der Waals surface area contributed by atoms with Crippen LogP contribution in [0.4, 0.5) is 0 Å². The van der Waals surface area contributed by atoms with E-state index in [1.165, 1.54) is 11.3 Å². The van der Waals surface area contributed by atoms with Gasteiger partial charge in [-0.15, -0.1) is 11.3 Å². The standard InChI is InChI=1S/C17H20N6O2S/c1-8-11(4)26-17-15(8)16(25)19-13(20-17)6-14(24)21-18-7-12-9(2)22-23(5)10(12)3/h7H,6H2,1-5H3,(H,21,24)(H,19,20,25)/b18-7+. The summed E-state index contributed by atoms with van der Waals surface area (Å²) < 4.78 is 1.76. The molecule has 0 spiro atoms. The fourth-order valence-electron chi connectivity index (χ4n) is 2.72. The van der Waals surface area contributed by atoms with Crippen LogP contribution in [0.3, 0.4) is 0 Å². The van der Waals surface area contributed by atoms with Crippen molar-refractivity contribution in [2.24, 2.45) is 12.1 Å². The molecular weight excluding hydrogens is 352 g/mol. The normalized spacial score (nSPS) is 11.6. The molecule has 0 unspecified atom stereocenters. The highest BCUT2D eigenvalue weighted by Gasteiger charge is 2.13. The molecule has 3 aromatic heterocycles. The molecule has 0 radical (unpaired) electrons. The first kappa shape index (κ1) is 18.0. The molecule has 8 nitrogen and oxygen atoms in total. The van der Waals surface area contributed by atoms with Crippen molar-refractivity contribution in [1.82, 2.24) is 25.2 Å². The fraction of sp³-hybridized carbons (Fsp3) is 0.353. The zero-order chi connectivity index (χ0) is 19.0. The van der Waals surface area contributed by atoms with Crippen LogP contribution in [0.2, 0.25) is 0 Å². The second kappa shape index (κ2) is 6.83. The number of carbonyl (C=O) groups is 1. The van der Waals surface area contributed by atoms with E-state index in [9.17, 15) is 9.59 Å². The van der Waals surface area contributed by atoms with E-state index >= 15 is 0 Å². The van der Waals surface area contributed by atoms with E-state index in [1.807, 2.05) is 34.7 Å². The number of thiophene rings is 1. The van der Waals surface area contributed by atoms with E-state index in [2.05, 4.69) is 25.6 Å². The lowest BCUT2D eigenvalue weighted by atomic mass is 10.2. The summed E-state index contributed by atoms with van der Waals surface area (Å²) in [4.78, 5) is 33.1. The number of aryl methyl sites for hydroxylation is 4. The average molecular weight is 372 g/mol. The largest absolute Gasteiger partial charge is 0.309 e. The van der Waals surface area contributed by atoms with Gasteiger partial charge < -0.3 is 4.98 Å². The van der Waals surface area contributed by atoms with Crippen molar-refractivity contribution in [1.29, 1.82) is 0 Å². The first-order valence-electron chi connectivity index (χ1n) is 8.09. The molecule has 0 saturated carbocycles. The third-order valence-electron chi connectivity index (χ3n) is 4.36. The van der Waals surface area contributed by atoms with Gasteiger partial charge in [0.05, 0.1) is 23.7 Å². The van der Waals surface area contributed by atoms with Gasteiger partial charge in [0, 0.05) is 23.2 Å². The van der Waals surface area contributed by atoms with Crippen molar-refractivity contribution in [2.45, 2.75) is 34.1 Å². The van der Waals surface area contributed by atoms with Crippen LogP contribution >= 0.6 is 11.3 Å². The Bertz CT molecular complexity index is 1090. The topological polar surface area (TPSA) is 105 Å².